The van der Waals surface area contributed by atoms with Gasteiger partial charge in [0.25, 0.3) is 0 Å². The van der Waals surface area contributed by atoms with E-state index in [2.05, 4.69) is 30.1 Å². The standard InChI is InChI=1S/C14H14N4OS/c1-7(2)12-11-10(8-3-4-20-6-8)9(5-15)13(16)19-14(11)18-17-12/h3-4,6-7,10H,16H2,1-2H3,(H,17,18). The van der Waals surface area contributed by atoms with Crippen molar-refractivity contribution in [2.75, 3.05) is 0 Å². The van der Waals surface area contributed by atoms with Gasteiger partial charge in [-0.3, -0.25) is 5.10 Å². The summed E-state index contributed by atoms with van der Waals surface area (Å²) in [5, 5.41) is 20.6. The molecule has 2 aromatic heterocycles. The van der Waals surface area contributed by atoms with Crippen LogP contribution in [0.2, 0.25) is 0 Å². The van der Waals surface area contributed by atoms with E-state index in [0.29, 0.717) is 11.5 Å². The van der Waals surface area contributed by atoms with E-state index in [1.807, 2.05) is 16.8 Å². The van der Waals surface area contributed by atoms with E-state index < -0.39 is 0 Å². The number of rotatable bonds is 2. The van der Waals surface area contributed by atoms with Gasteiger partial charge in [-0.2, -0.15) is 16.6 Å². The highest BCUT2D eigenvalue weighted by atomic mass is 32.1. The van der Waals surface area contributed by atoms with E-state index in [4.69, 9.17) is 10.5 Å². The van der Waals surface area contributed by atoms with Crippen LogP contribution in [0.25, 0.3) is 0 Å². The number of aromatic nitrogens is 2. The van der Waals surface area contributed by atoms with Gasteiger partial charge >= 0.3 is 0 Å². The van der Waals surface area contributed by atoms with Crippen LogP contribution in [0.15, 0.2) is 28.3 Å². The van der Waals surface area contributed by atoms with Gasteiger partial charge in [-0.15, -0.1) is 5.10 Å². The Morgan fingerprint density at radius 3 is 2.95 bits per heavy atom. The van der Waals surface area contributed by atoms with Crippen LogP contribution >= 0.6 is 11.3 Å². The minimum Gasteiger partial charge on any atom is -0.420 e. The van der Waals surface area contributed by atoms with E-state index in [0.717, 1.165) is 16.8 Å². The fraction of sp³-hybridized carbons (Fsp3) is 0.286. The molecule has 1 aliphatic heterocycles. The van der Waals surface area contributed by atoms with Crippen LogP contribution in [0.4, 0.5) is 0 Å². The fourth-order valence-corrected chi connectivity index (χ4v) is 3.17. The SMILES string of the molecule is CC(C)c1[nH]nc2c1C(c1ccsc1)C(C#N)=C(N)O2. The molecule has 1 aliphatic rings. The summed E-state index contributed by atoms with van der Waals surface area (Å²) in [5.41, 5.74) is 9.26. The van der Waals surface area contributed by atoms with Crippen molar-refractivity contribution in [3.8, 4) is 11.9 Å². The number of ether oxygens (including phenoxy) is 1. The summed E-state index contributed by atoms with van der Waals surface area (Å²) in [7, 11) is 0. The molecular weight excluding hydrogens is 272 g/mol. The zero-order valence-corrected chi connectivity index (χ0v) is 12.0. The number of fused-ring (bicyclic) bond motifs is 1. The molecule has 1 unspecified atom stereocenters. The lowest BCUT2D eigenvalue weighted by molar-refractivity contribution is 0.378. The summed E-state index contributed by atoms with van der Waals surface area (Å²) in [6.45, 7) is 4.15. The Morgan fingerprint density at radius 2 is 2.35 bits per heavy atom. The Kier molecular flexibility index (Phi) is 2.99. The highest BCUT2D eigenvalue weighted by molar-refractivity contribution is 7.08. The van der Waals surface area contributed by atoms with Crippen LogP contribution in [-0.2, 0) is 0 Å². The number of nitrogens with zero attached hydrogens (tertiary/aromatic N) is 2. The predicted molar refractivity (Wildman–Crippen MR) is 76.3 cm³/mol. The molecule has 0 spiro atoms. The lowest BCUT2D eigenvalue weighted by Crippen LogP contribution is -2.21. The number of H-pyrrole nitrogens is 1. The van der Waals surface area contributed by atoms with Crippen LogP contribution < -0.4 is 10.5 Å². The van der Waals surface area contributed by atoms with E-state index in [-0.39, 0.29) is 17.7 Å². The van der Waals surface area contributed by atoms with Crippen LogP contribution in [-0.4, -0.2) is 10.2 Å². The van der Waals surface area contributed by atoms with Gasteiger partial charge in [-0.05, 0) is 28.3 Å². The van der Waals surface area contributed by atoms with Crippen molar-refractivity contribution in [3.63, 3.8) is 0 Å². The predicted octanol–water partition coefficient (Wildman–Crippen LogP) is 2.81. The average Bonchev–Trinajstić information content (AvgIpc) is 3.05. The number of nitrogens with two attached hydrogens (primary N) is 1. The zero-order chi connectivity index (χ0) is 14.3. The van der Waals surface area contributed by atoms with E-state index >= 15 is 0 Å². The van der Waals surface area contributed by atoms with Gasteiger partial charge in [-0.1, -0.05) is 13.8 Å². The smallest absolute Gasteiger partial charge is 0.244 e. The average molecular weight is 286 g/mol. The van der Waals surface area contributed by atoms with Gasteiger partial charge in [0.05, 0.1) is 11.5 Å². The van der Waals surface area contributed by atoms with Gasteiger partial charge in [-0.25, -0.2) is 0 Å². The molecular formula is C14H14N4OS. The number of hydrogen-bond acceptors (Lipinski definition) is 5. The second-order valence-electron chi connectivity index (χ2n) is 4.99. The molecule has 20 heavy (non-hydrogen) atoms. The Bertz CT molecular complexity index is 706. The summed E-state index contributed by atoms with van der Waals surface area (Å²) in [6, 6.07) is 4.19. The first-order valence-corrected chi connectivity index (χ1v) is 7.25. The largest absolute Gasteiger partial charge is 0.420 e. The number of hydrogen-bond donors (Lipinski definition) is 2. The molecule has 3 rings (SSSR count). The molecule has 102 valence electrons. The summed E-state index contributed by atoms with van der Waals surface area (Å²) < 4.78 is 5.49. The molecule has 0 aliphatic carbocycles. The summed E-state index contributed by atoms with van der Waals surface area (Å²) in [5.74, 6) is 0.667. The Hall–Kier alpha value is -2.26. The summed E-state index contributed by atoms with van der Waals surface area (Å²) in [4.78, 5) is 0. The highest BCUT2D eigenvalue weighted by Crippen LogP contribution is 2.44. The molecule has 0 amide bonds. The van der Waals surface area contributed by atoms with Crippen molar-refractivity contribution in [2.24, 2.45) is 5.73 Å². The van der Waals surface area contributed by atoms with E-state index in [1.165, 1.54) is 0 Å². The third-order valence-corrected chi connectivity index (χ3v) is 4.12. The number of nitrogens with one attached hydrogen (secondary N) is 1. The number of allylic oxidation sites excluding steroid dienone is 1. The van der Waals surface area contributed by atoms with Crippen molar-refractivity contribution < 1.29 is 4.74 Å². The molecule has 3 heterocycles. The molecule has 0 fully saturated rings. The lowest BCUT2D eigenvalue weighted by Gasteiger charge is -2.23. The summed E-state index contributed by atoms with van der Waals surface area (Å²) in [6.07, 6.45) is 0. The van der Waals surface area contributed by atoms with Crippen molar-refractivity contribution >= 4 is 11.3 Å². The molecule has 0 bridgehead atoms. The monoisotopic (exact) mass is 286 g/mol. The molecule has 1 atom stereocenters. The minimum absolute atomic E-state index is 0.137. The second-order valence-corrected chi connectivity index (χ2v) is 5.77. The highest BCUT2D eigenvalue weighted by Gasteiger charge is 2.35. The first-order chi connectivity index (χ1) is 9.63. The Balaban J connectivity index is 2.24. The molecule has 6 heteroatoms. The molecule has 2 aromatic rings. The normalized spacial score (nSPS) is 17.8. The van der Waals surface area contributed by atoms with Crippen LogP contribution in [0, 0.1) is 11.3 Å². The molecule has 0 saturated heterocycles. The van der Waals surface area contributed by atoms with Crippen molar-refractivity contribution in [3.05, 3.63) is 45.1 Å². The van der Waals surface area contributed by atoms with Crippen molar-refractivity contribution in [2.45, 2.75) is 25.7 Å². The van der Waals surface area contributed by atoms with Crippen LogP contribution in [0.3, 0.4) is 0 Å². The van der Waals surface area contributed by atoms with Gasteiger partial charge in [0.1, 0.15) is 11.6 Å². The second kappa shape index (κ2) is 4.69. The molecule has 3 N–H and O–H groups in total. The number of aromatic amines is 1. The van der Waals surface area contributed by atoms with Crippen molar-refractivity contribution in [1.82, 2.24) is 10.2 Å². The molecule has 0 saturated carbocycles. The fourth-order valence-electron chi connectivity index (χ4n) is 2.48. The molecule has 0 radical (unpaired) electrons. The molecule has 0 aromatic carbocycles. The summed E-state index contributed by atoms with van der Waals surface area (Å²) >= 11 is 1.59. The zero-order valence-electron chi connectivity index (χ0n) is 11.2. The lowest BCUT2D eigenvalue weighted by atomic mass is 9.84. The minimum atomic E-state index is -0.203. The van der Waals surface area contributed by atoms with Crippen LogP contribution in [0.1, 0.15) is 42.5 Å². The third-order valence-electron chi connectivity index (χ3n) is 3.42. The number of thiophene rings is 1. The van der Waals surface area contributed by atoms with Gasteiger partial charge in [0, 0.05) is 5.69 Å². The third kappa shape index (κ3) is 1.79. The number of nitriles is 1. The Labute approximate surface area is 120 Å². The van der Waals surface area contributed by atoms with Gasteiger partial charge in [0.2, 0.25) is 11.8 Å². The maximum absolute atomic E-state index is 9.43. The maximum atomic E-state index is 9.43. The first-order valence-electron chi connectivity index (χ1n) is 6.31. The first kappa shape index (κ1) is 12.8. The van der Waals surface area contributed by atoms with Crippen LogP contribution in [0.5, 0.6) is 5.88 Å². The van der Waals surface area contributed by atoms with Crippen molar-refractivity contribution in [1.29, 1.82) is 5.26 Å². The van der Waals surface area contributed by atoms with E-state index in [1.54, 1.807) is 11.3 Å². The Morgan fingerprint density at radius 1 is 1.55 bits per heavy atom. The maximum Gasteiger partial charge on any atom is 0.244 e. The van der Waals surface area contributed by atoms with Gasteiger partial charge in [0.15, 0.2) is 0 Å². The van der Waals surface area contributed by atoms with E-state index in [9.17, 15) is 5.26 Å². The topological polar surface area (TPSA) is 87.7 Å². The quantitative estimate of drug-likeness (QED) is 0.888. The van der Waals surface area contributed by atoms with Gasteiger partial charge < -0.3 is 10.5 Å². The molecule has 5 nitrogen and oxygen atoms in total.